The number of amides is 1. The fraction of sp³-hybridized carbons (Fsp3) is 0.750. The monoisotopic (exact) mass is 302 g/mol. The second-order valence-corrected chi connectivity index (χ2v) is 6.81. The molecular weight excluding hydrogens is 280 g/mol. The second-order valence-electron chi connectivity index (χ2n) is 4.81. The summed E-state index contributed by atoms with van der Waals surface area (Å²) in [6, 6.07) is -0.358. The fourth-order valence-corrected chi connectivity index (χ4v) is 3.03. The molecule has 0 aliphatic rings. The van der Waals surface area contributed by atoms with Crippen LogP contribution in [0, 0.1) is 0 Å². The minimum atomic E-state index is -3.50. The van der Waals surface area contributed by atoms with Gasteiger partial charge in [0, 0.05) is 12.6 Å². The summed E-state index contributed by atoms with van der Waals surface area (Å²) in [7, 11) is -3.50. The third-order valence-electron chi connectivity index (χ3n) is 2.92. The van der Waals surface area contributed by atoms with Crippen molar-refractivity contribution in [2.24, 2.45) is 0 Å². The second kappa shape index (κ2) is 6.83. The van der Waals surface area contributed by atoms with Gasteiger partial charge in [0.25, 0.3) is 5.16 Å². The molecule has 0 fully saturated rings. The third-order valence-corrected chi connectivity index (χ3v) is 4.49. The highest BCUT2D eigenvalue weighted by molar-refractivity contribution is 7.91. The largest absolute Gasteiger partial charge is 0.346 e. The highest BCUT2D eigenvalue weighted by Gasteiger charge is 2.23. The van der Waals surface area contributed by atoms with Crippen LogP contribution < -0.4 is 0 Å². The van der Waals surface area contributed by atoms with Gasteiger partial charge in [-0.15, -0.1) is 5.10 Å². The Bertz CT molecular complexity index is 551. The molecule has 1 heterocycles. The highest BCUT2D eigenvalue weighted by Crippen LogP contribution is 2.08. The van der Waals surface area contributed by atoms with Gasteiger partial charge in [-0.05, 0) is 27.2 Å². The van der Waals surface area contributed by atoms with Gasteiger partial charge in [-0.2, -0.15) is 4.68 Å². The number of aromatic nitrogens is 3. The quantitative estimate of drug-likeness (QED) is 0.796. The SMILES string of the molecule is CCCCS(=O)(=O)c1ncn(C(=O)N(CC)C(C)C)n1. The Kier molecular flexibility index (Phi) is 5.67. The number of hydrogen-bond donors (Lipinski definition) is 0. The van der Waals surface area contributed by atoms with Gasteiger partial charge in [0.15, 0.2) is 0 Å². The molecule has 0 saturated carbocycles. The molecule has 0 atom stereocenters. The number of nitrogens with zero attached hydrogens (tertiary/aromatic N) is 4. The van der Waals surface area contributed by atoms with Gasteiger partial charge in [-0.3, -0.25) is 0 Å². The molecule has 0 saturated heterocycles. The maximum Gasteiger partial charge on any atom is 0.346 e. The standard InChI is InChI=1S/C12H22N4O3S/c1-5-7-8-20(18,19)11-13-9-16(14-11)12(17)15(6-2)10(3)4/h9-10H,5-8H2,1-4H3. The fourth-order valence-electron chi connectivity index (χ4n) is 1.76. The van der Waals surface area contributed by atoms with Crippen molar-refractivity contribution < 1.29 is 13.2 Å². The van der Waals surface area contributed by atoms with Crippen LogP contribution in [-0.4, -0.2) is 52.5 Å². The van der Waals surface area contributed by atoms with Crippen molar-refractivity contribution >= 4 is 15.9 Å². The summed E-state index contributed by atoms with van der Waals surface area (Å²) in [5.41, 5.74) is 0. The van der Waals surface area contributed by atoms with Crippen LogP contribution >= 0.6 is 0 Å². The van der Waals surface area contributed by atoms with Crippen molar-refractivity contribution in [2.45, 2.75) is 51.7 Å². The van der Waals surface area contributed by atoms with Gasteiger partial charge >= 0.3 is 6.03 Å². The minimum Gasteiger partial charge on any atom is -0.321 e. The number of unbranched alkanes of at least 4 members (excludes halogenated alkanes) is 1. The van der Waals surface area contributed by atoms with Crippen LogP contribution in [0.25, 0.3) is 0 Å². The first-order valence-corrected chi connectivity index (χ1v) is 8.44. The Balaban J connectivity index is 2.95. The molecule has 114 valence electrons. The van der Waals surface area contributed by atoms with Crippen molar-refractivity contribution in [2.75, 3.05) is 12.3 Å². The lowest BCUT2D eigenvalue weighted by atomic mass is 10.3. The van der Waals surface area contributed by atoms with E-state index in [-0.39, 0.29) is 23.0 Å². The summed E-state index contributed by atoms with van der Waals surface area (Å²) in [6.07, 6.45) is 2.49. The lowest BCUT2D eigenvalue weighted by molar-refractivity contribution is 0.185. The Hall–Kier alpha value is -1.44. The number of carbonyl (C=O) groups excluding carboxylic acids is 1. The van der Waals surface area contributed by atoms with E-state index in [1.165, 1.54) is 0 Å². The normalized spacial score (nSPS) is 11.8. The van der Waals surface area contributed by atoms with Crippen LogP contribution in [0.3, 0.4) is 0 Å². The van der Waals surface area contributed by atoms with E-state index in [9.17, 15) is 13.2 Å². The third kappa shape index (κ3) is 3.78. The van der Waals surface area contributed by atoms with Crippen LogP contribution in [0.5, 0.6) is 0 Å². The van der Waals surface area contributed by atoms with Crippen molar-refractivity contribution in [3.63, 3.8) is 0 Å². The average Bonchev–Trinajstić information content (AvgIpc) is 2.87. The van der Waals surface area contributed by atoms with E-state index in [0.717, 1.165) is 17.4 Å². The van der Waals surface area contributed by atoms with Crippen molar-refractivity contribution in [1.29, 1.82) is 0 Å². The zero-order chi connectivity index (χ0) is 15.3. The Morgan fingerprint density at radius 3 is 2.55 bits per heavy atom. The van der Waals surface area contributed by atoms with Gasteiger partial charge in [0.1, 0.15) is 6.33 Å². The predicted molar refractivity (Wildman–Crippen MR) is 75.3 cm³/mol. The average molecular weight is 302 g/mol. The minimum absolute atomic E-state index is 0.00335. The molecule has 0 radical (unpaired) electrons. The molecule has 20 heavy (non-hydrogen) atoms. The molecule has 1 rings (SSSR count). The summed E-state index contributed by atoms with van der Waals surface area (Å²) in [5.74, 6) is 0.00335. The topological polar surface area (TPSA) is 85.2 Å². The molecular formula is C12H22N4O3S. The van der Waals surface area contributed by atoms with E-state index in [0.29, 0.717) is 13.0 Å². The van der Waals surface area contributed by atoms with Crippen molar-refractivity contribution in [3.05, 3.63) is 6.33 Å². The van der Waals surface area contributed by atoms with Crippen LogP contribution in [-0.2, 0) is 9.84 Å². The molecule has 1 amide bonds. The van der Waals surface area contributed by atoms with E-state index in [1.54, 1.807) is 4.90 Å². The first-order chi connectivity index (χ1) is 9.33. The first kappa shape index (κ1) is 16.6. The molecule has 1 aromatic rings. The number of sulfone groups is 1. The molecule has 0 aromatic carbocycles. The molecule has 8 heteroatoms. The molecule has 0 aliphatic carbocycles. The van der Waals surface area contributed by atoms with Crippen LogP contribution in [0.2, 0.25) is 0 Å². The van der Waals surface area contributed by atoms with E-state index >= 15 is 0 Å². The molecule has 0 N–H and O–H groups in total. The maximum absolute atomic E-state index is 12.2. The lowest BCUT2D eigenvalue weighted by Gasteiger charge is -2.24. The Morgan fingerprint density at radius 1 is 1.40 bits per heavy atom. The zero-order valence-corrected chi connectivity index (χ0v) is 13.2. The van der Waals surface area contributed by atoms with Gasteiger partial charge in [0.05, 0.1) is 5.75 Å². The van der Waals surface area contributed by atoms with E-state index < -0.39 is 9.84 Å². The summed E-state index contributed by atoms with van der Waals surface area (Å²) < 4.78 is 24.9. The molecule has 1 aromatic heterocycles. The van der Waals surface area contributed by atoms with Crippen molar-refractivity contribution in [3.8, 4) is 0 Å². The number of rotatable bonds is 6. The molecule has 0 aliphatic heterocycles. The molecule has 0 bridgehead atoms. The molecule has 7 nitrogen and oxygen atoms in total. The smallest absolute Gasteiger partial charge is 0.321 e. The first-order valence-electron chi connectivity index (χ1n) is 6.78. The zero-order valence-electron chi connectivity index (χ0n) is 12.4. The maximum atomic E-state index is 12.2. The van der Waals surface area contributed by atoms with Crippen LogP contribution in [0.15, 0.2) is 11.5 Å². The summed E-state index contributed by atoms with van der Waals surface area (Å²) in [5, 5.41) is 3.53. The van der Waals surface area contributed by atoms with Crippen LogP contribution in [0.1, 0.15) is 40.5 Å². The predicted octanol–water partition coefficient (Wildman–Crippen LogP) is 1.55. The van der Waals surface area contributed by atoms with Gasteiger partial charge in [-0.25, -0.2) is 18.2 Å². The van der Waals surface area contributed by atoms with E-state index in [2.05, 4.69) is 10.1 Å². The summed E-state index contributed by atoms with van der Waals surface area (Å²) in [6.45, 7) is 8.06. The van der Waals surface area contributed by atoms with Gasteiger partial charge in [0.2, 0.25) is 9.84 Å². The highest BCUT2D eigenvalue weighted by atomic mass is 32.2. The van der Waals surface area contributed by atoms with Crippen LogP contribution in [0.4, 0.5) is 4.79 Å². The van der Waals surface area contributed by atoms with Gasteiger partial charge < -0.3 is 4.90 Å². The van der Waals surface area contributed by atoms with E-state index in [4.69, 9.17) is 0 Å². The summed E-state index contributed by atoms with van der Waals surface area (Å²) in [4.78, 5) is 17.5. The molecule has 0 spiro atoms. The Labute approximate surface area is 119 Å². The molecule has 0 unspecified atom stereocenters. The number of carbonyl (C=O) groups is 1. The summed E-state index contributed by atoms with van der Waals surface area (Å²) >= 11 is 0. The van der Waals surface area contributed by atoms with Crippen molar-refractivity contribution in [1.82, 2.24) is 19.7 Å². The lowest BCUT2D eigenvalue weighted by Crippen LogP contribution is -2.39. The number of hydrogen-bond acceptors (Lipinski definition) is 5. The van der Waals surface area contributed by atoms with E-state index in [1.807, 2.05) is 27.7 Å². The van der Waals surface area contributed by atoms with Gasteiger partial charge in [-0.1, -0.05) is 13.3 Å². The Morgan fingerprint density at radius 2 is 2.05 bits per heavy atom.